The summed E-state index contributed by atoms with van der Waals surface area (Å²) in [4.78, 5) is 0. The second-order valence-electron chi connectivity index (χ2n) is 4.00. The molecule has 2 nitrogen and oxygen atoms in total. The molecular formula is C10H16N2. The molecule has 12 heavy (non-hydrogen) atoms. The Kier molecular flexibility index (Phi) is 1.71. The molecule has 0 saturated heterocycles. The first-order valence-electron chi connectivity index (χ1n) is 4.74. The van der Waals surface area contributed by atoms with Crippen molar-refractivity contribution in [3.05, 3.63) is 17.5 Å². The molecule has 1 aromatic rings. The predicted molar refractivity (Wildman–Crippen MR) is 49.3 cm³/mol. The largest absolute Gasteiger partial charge is 0.267 e. The minimum absolute atomic E-state index is 0.498. The van der Waals surface area contributed by atoms with E-state index in [-0.39, 0.29) is 0 Å². The molecule has 0 atom stereocenters. The summed E-state index contributed by atoms with van der Waals surface area (Å²) in [5.74, 6) is 0.831. The molecule has 1 aromatic heterocycles. The van der Waals surface area contributed by atoms with Gasteiger partial charge in [-0.3, -0.25) is 4.68 Å². The quantitative estimate of drug-likeness (QED) is 0.657. The Morgan fingerprint density at radius 3 is 2.58 bits per heavy atom. The van der Waals surface area contributed by atoms with Crippen LogP contribution in [0.4, 0.5) is 0 Å². The van der Waals surface area contributed by atoms with Gasteiger partial charge in [0.15, 0.2) is 0 Å². The van der Waals surface area contributed by atoms with Crippen molar-refractivity contribution in [2.45, 2.75) is 45.6 Å². The highest BCUT2D eigenvalue weighted by Gasteiger charge is 2.27. The molecule has 0 N–H and O–H groups in total. The molecule has 0 unspecified atom stereocenters. The summed E-state index contributed by atoms with van der Waals surface area (Å²) < 4.78 is 2.12. The van der Waals surface area contributed by atoms with Gasteiger partial charge in [-0.1, -0.05) is 0 Å². The Labute approximate surface area is 73.6 Å². The molecule has 0 radical (unpaired) electrons. The Bertz CT molecular complexity index is 263. The average Bonchev–Trinajstić information content (AvgIpc) is 2.75. The number of hydrogen-bond acceptors (Lipinski definition) is 1. The zero-order valence-corrected chi connectivity index (χ0v) is 8.04. The third kappa shape index (κ3) is 1.15. The highest BCUT2D eigenvalue weighted by atomic mass is 15.3. The van der Waals surface area contributed by atoms with Crippen LogP contribution in [0.1, 0.15) is 49.9 Å². The number of nitrogens with zero attached hydrogens (tertiary/aromatic N) is 2. The fraction of sp³-hybridized carbons (Fsp3) is 0.700. The number of rotatable bonds is 2. The molecule has 1 aliphatic rings. The van der Waals surface area contributed by atoms with Gasteiger partial charge in [0.2, 0.25) is 0 Å². The van der Waals surface area contributed by atoms with Gasteiger partial charge in [-0.2, -0.15) is 5.10 Å². The first-order valence-corrected chi connectivity index (χ1v) is 4.74. The lowest BCUT2D eigenvalue weighted by atomic mass is 10.2. The standard InChI is InChI=1S/C10H16N2/c1-7(2)12-8(3)10(6-11-12)9-4-5-9/h6-7,9H,4-5H2,1-3H3. The smallest absolute Gasteiger partial charge is 0.0527 e. The number of hydrogen-bond donors (Lipinski definition) is 0. The minimum atomic E-state index is 0.498. The van der Waals surface area contributed by atoms with Crippen LogP contribution in [0.3, 0.4) is 0 Å². The molecule has 2 rings (SSSR count). The molecule has 1 fully saturated rings. The summed E-state index contributed by atoms with van der Waals surface area (Å²) in [6.07, 6.45) is 4.78. The van der Waals surface area contributed by atoms with Gasteiger partial charge < -0.3 is 0 Å². The molecule has 0 amide bonds. The topological polar surface area (TPSA) is 17.8 Å². The van der Waals surface area contributed by atoms with Gasteiger partial charge in [0.25, 0.3) is 0 Å². The van der Waals surface area contributed by atoms with Crippen LogP contribution in [0.15, 0.2) is 6.20 Å². The van der Waals surface area contributed by atoms with Crippen LogP contribution >= 0.6 is 0 Å². The third-order valence-electron chi connectivity index (χ3n) is 2.59. The summed E-state index contributed by atoms with van der Waals surface area (Å²) in [6, 6.07) is 0.498. The molecule has 66 valence electrons. The molecule has 0 aromatic carbocycles. The molecule has 2 heteroatoms. The monoisotopic (exact) mass is 164 g/mol. The van der Waals surface area contributed by atoms with E-state index in [1.807, 2.05) is 6.20 Å². The normalized spacial score (nSPS) is 17.3. The van der Waals surface area contributed by atoms with E-state index in [2.05, 4.69) is 30.6 Å². The second kappa shape index (κ2) is 2.61. The SMILES string of the molecule is Cc1c(C2CC2)cnn1C(C)C. The third-order valence-corrected chi connectivity index (χ3v) is 2.59. The van der Waals surface area contributed by atoms with Crippen molar-refractivity contribution < 1.29 is 0 Å². The van der Waals surface area contributed by atoms with Crippen molar-refractivity contribution in [3.63, 3.8) is 0 Å². The van der Waals surface area contributed by atoms with Crippen molar-refractivity contribution >= 4 is 0 Å². The fourth-order valence-electron chi connectivity index (χ4n) is 1.75. The summed E-state index contributed by atoms with van der Waals surface area (Å²) in [5.41, 5.74) is 2.84. The summed E-state index contributed by atoms with van der Waals surface area (Å²) >= 11 is 0. The Morgan fingerprint density at radius 1 is 1.50 bits per heavy atom. The van der Waals surface area contributed by atoms with Crippen molar-refractivity contribution in [1.29, 1.82) is 0 Å². The summed E-state index contributed by atoms with van der Waals surface area (Å²) in [6.45, 7) is 6.54. The number of aromatic nitrogens is 2. The van der Waals surface area contributed by atoms with Crippen LogP contribution in [0.2, 0.25) is 0 Å². The van der Waals surface area contributed by atoms with Gasteiger partial charge >= 0.3 is 0 Å². The average molecular weight is 164 g/mol. The molecule has 0 bridgehead atoms. The van der Waals surface area contributed by atoms with Crippen LogP contribution in [0, 0.1) is 6.92 Å². The van der Waals surface area contributed by atoms with E-state index in [4.69, 9.17) is 0 Å². The van der Waals surface area contributed by atoms with Gasteiger partial charge in [0, 0.05) is 11.7 Å². The van der Waals surface area contributed by atoms with E-state index in [1.165, 1.54) is 24.1 Å². The maximum Gasteiger partial charge on any atom is 0.0527 e. The van der Waals surface area contributed by atoms with E-state index in [1.54, 1.807) is 0 Å². The van der Waals surface area contributed by atoms with E-state index >= 15 is 0 Å². The van der Waals surface area contributed by atoms with Crippen LogP contribution in [-0.2, 0) is 0 Å². The first-order chi connectivity index (χ1) is 5.70. The van der Waals surface area contributed by atoms with E-state index in [0.717, 1.165) is 5.92 Å². The van der Waals surface area contributed by atoms with E-state index in [9.17, 15) is 0 Å². The zero-order chi connectivity index (χ0) is 8.72. The van der Waals surface area contributed by atoms with E-state index < -0.39 is 0 Å². The van der Waals surface area contributed by atoms with Crippen molar-refractivity contribution in [2.24, 2.45) is 0 Å². The van der Waals surface area contributed by atoms with Gasteiger partial charge in [-0.25, -0.2) is 0 Å². The van der Waals surface area contributed by atoms with Crippen molar-refractivity contribution in [1.82, 2.24) is 9.78 Å². The molecule has 1 heterocycles. The van der Waals surface area contributed by atoms with Gasteiger partial charge in [0.1, 0.15) is 0 Å². The maximum atomic E-state index is 4.39. The first kappa shape index (κ1) is 7.84. The lowest BCUT2D eigenvalue weighted by molar-refractivity contribution is 0.518. The Morgan fingerprint density at radius 2 is 2.17 bits per heavy atom. The van der Waals surface area contributed by atoms with Crippen LogP contribution in [-0.4, -0.2) is 9.78 Å². The highest BCUT2D eigenvalue weighted by molar-refractivity contribution is 5.25. The Balaban J connectivity index is 2.33. The maximum absolute atomic E-state index is 4.39. The molecule has 0 spiro atoms. The fourth-order valence-corrected chi connectivity index (χ4v) is 1.75. The van der Waals surface area contributed by atoms with Crippen LogP contribution in [0.5, 0.6) is 0 Å². The van der Waals surface area contributed by atoms with Crippen molar-refractivity contribution in [3.8, 4) is 0 Å². The highest BCUT2D eigenvalue weighted by Crippen LogP contribution is 2.41. The predicted octanol–water partition coefficient (Wildman–Crippen LogP) is 2.65. The van der Waals surface area contributed by atoms with Crippen LogP contribution < -0.4 is 0 Å². The summed E-state index contributed by atoms with van der Waals surface area (Å²) in [5, 5.41) is 4.39. The van der Waals surface area contributed by atoms with Gasteiger partial charge in [0.05, 0.1) is 6.20 Å². The second-order valence-corrected chi connectivity index (χ2v) is 4.00. The van der Waals surface area contributed by atoms with Gasteiger partial charge in [-0.15, -0.1) is 0 Å². The lowest BCUT2D eigenvalue weighted by Crippen LogP contribution is -2.04. The van der Waals surface area contributed by atoms with Gasteiger partial charge in [-0.05, 0) is 45.1 Å². The Hall–Kier alpha value is -0.790. The molecular weight excluding hydrogens is 148 g/mol. The molecule has 0 aliphatic heterocycles. The molecule has 1 saturated carbocycles. The molecule has 1 aliphatic carbocycles. The minimum Gasteiger partial charge on any atom is -0.267 e. The zero-order valence-electron chi connectivity index (χ0n) is 8.04. The van der Waals surface area contributed by atoms with Crippen LogP contribution in [0.25, 0.3) is 0 Å². The van der Waals surface area contributed by atoms with E-state index in [0.29, 0.717) is 6.04 Å². The lowest BCUT2D eigenvalue weighted by Gasteiger charge is -2.08. The van der Waals surface area contributed by atoms with Crippen molar-refractivity contribution in [2.75, 3.05) is 0 Å². The summed E-state index contributed by atoms with van der Waals surface area (Å²) in [7, 11) is 0.